The molecule has 2 aromatic rings. The molecule has 0 aromatic heterocycles. The molecule has 0 saturated carbocycles. The van der Waals surface area contributed by atoms with Crippen LogP contribution in [0.25, 0.3) is 11.1 Å². The fourth-order valence-corrected chi connectivity index (χ4v) is 3.25. The summed E-state index contributed by atoms with van der Waals surface area (Å²) in [6.45, 7) is 5.48. The highest BCUT2D eigenvalue weighted by molar-refractivity contribution is 5.68. The van der Waals surface area contributed by atoms with E-state index in [0.29, 0.717) is 6.42 Å². The molecule has 0 amide bonds. The van der Waals surface area contributed by atoms with Gasteiger partial charge in [0.05, 0.1) is 11.1 Å². The largest absolute Gasteiger partial charge is 0.203 e. The van der Waals surface area contributed by atoms with Crippen LogP contribution in [0.5, 0.6) is 0 Å². The Kier molecular flexibility index (Phi) is 6.41. The smallest absolute Gasteiger partial charge is 0.170 e. The van der Waals surface area contributed by atoms with Gasteiger partial charge in [0, 0.05) is 11.1 Å². The maximum absolute atomic E-state index is 14.5. The molecule has 0 aliphatic carbocycles. The maximum atomic E-state index is 14.5. The molecule has 0 spiro atoms. The molecule has 0 bridgehead atoms. The van der Waals surface area contributed by atoms with Crippen LogP contribution in [0, 0.1) is 46.5 Å². The summed E-state index contributed by atoms with van der Waals surface area (Å²) in [6, 6.07) is 0. The highest BCUT2D eigenvalue weighted by atomic mass is 19.2. The average Bonchev–Trinajstić information content (AvgIpc) is 2.61. The number of rotatable bonds is 5. The van der Waals surface area contributed by atoms with Crippen molar-refractivity contribution in [2.24, 2.45) is 0 Å². The summed E-state index contributed by atoms with van der Waals surface area (Å²) < 4.78 is 115. The van der Waals surface area contributed by atoms with E-state index in [1.165, 1.54) is 20.8 Å². The SMILES string of the molecule is CCCC(C)c1c(F)c(F)c(-c2c(F)c(F)c(C(C)C)c(F)c2F)c(F)c1F. The van der Waals surface area contributed by atoms with Gasteiger partial charge in [-0.3, -0.25) is 0 Å². The maximum Gasteiger partial charge on any atom is 0.170 e. The van der Waals surface area contributed by atoms with E-state index < -0.39 is 80.6 Å². The van der Waals surface area contributed by atoms with Crippen molar-refractivity contribution >= 4 is 0 Å². The topological polar surface area (TPSA) is 0 Å². The Morgan fingerprint density at radius 1 is 0.536 bits per heavy atom. The van der Waals surface area contributed by atoms with Gasteiger partial charge < -0.3 is 0 Å². The third-order valence-electron chi connectivity index (χ3n) is 4.64. The molecule has 0 aliphatic heterocycles. The van der Waals surface area contributed by atoms with Gasteiger partial charge in [0.25, 0.3) is 0 Å². The summed E-state index contributed by atoms with van der Waals surface area (Å²) in [5.41, 5.74) is -5.57. The van der Waals surface area contributed by atoms with Gasteiger partial charge in [-0.05, 0) is 18.3 Å². The van der Waals surface area contributed by atoms with Crippen molar-refractivity contribution in [1.82, 2.24) is 0 Å². The molecule has 8 heteroatoms. The third kappa shape index (κ3) is 3.37. The average molecular weight is 410 g/mol. The molecule has 1 unspecified atom stereocenters. The van der Waals surface area contributed by atoms with E-state index in [0.717, 1.165) is 0 Å². The Balaban J connectivity index is 2.92. The highest BCUT2D eigenvalue weighted by Gasteiger charge is 2.35. The lowest BCUT2D eigenvalue weighted by Gasteiger charge is -2.19. The van der Waals surface area contributed by atoms with Crippen LogP contribution >= 0.6 is 0 Å². The molecular formula is C20H18F8. The Hall–Kier alpha value is -2.12. The number of halogens is 8. The zero-order valence-electron chi connectivity index (χ0n) is 15.6. The van der Waals surface area contributed by atoms with Crippen LogP contribution < -0.4 is 0 Å². The number of hydrogen-bond acceptors (Lipinski definition) is 0. The monoisotopic (exact) mass is 410 g/mol. The second-order valence-electron chi connectivity index (χ2n) is 6.93. The standard InChI is InChI=1S/C20H18F8/c1-5-6-8(4)10-15(23)19(27)12(20(28)16(10)24)11-17(25)13(21)9(7(2)3)14(22)18(11)26/h7-8H,5-6H2,1-4H3. The fraction of sp³-hybridized carbons (Fsp3) is 0.400. The summed E-state index contributed by atoms with van der Waals surface area (Å²) >= 11 is 0. The summed E-state index contributed by atoms with van der Waals surface area (Å²) in [6.07, 6.45) is 0.627. The van der Waals surface area contributed by atoms with Crippen LogP contribution in [0.3, 0.4) is 0 Å². The van der Waals surface area contributed by atoms with Gasteiger partial charge in [-0.1, -0.05) is 34.1 Å². The summed E-state index contributed by atoms with van der Waals surface area (Å²) in [5.74, 6) is -17.9. The molecule has 0 heterocycles. The number of benzene rings is 2. The predicted molar refractivity (Wildman–Crippen MR) is 89.0 cm³/mol. The van der Waals surface area contributed by atoms with Crippen molar-refractivity contribution in [3.05, 3.63) is 57.7 Å². The zero-order chi connectivity index (χ0) is 21.5. The molecule has 0 N–H and O–H groups in total. The van der Waals surface area contributed by atoms with Crippen LogP contribution in [-0.4, -0.2) is 0 Å². The van der Waals surface area contributed by atoms with Crippen LogP contribution in [0.15, 0.2) is 0 Å². The minimum absolute atomic E-state index is 0.182. The quantitative estimate of drug-likeness (QED) is 0.354. The van der Waals surface area contributed by atoms with Crippen molar-refractivity contribution in [2.45, 2.75) is 52.4 Å². The summed E-state index contributed by atoms with van der Waals surface area (Å²) in [4.78, 5) is 0. The fourth-order valence-electron chi connectivity index (χ4n) is 3.25. The zero-order valence-corrected chi connectivity index (χ0v) is 15.6. The minimum atomic E-state index is -2.13. The normalized spacial score (nSPS) is 12.8. The van der Waals surface area contributed by atoms with Gasteiger partial charge in [-0.2, -0.15) is 0 Å². The van der Waals surface area contributed by atoms with Crippen LogP contribution in [0.4, 0.5) is 35.1 Å². The molecule has 0 aliphatic rings. The summed E-state index contributed by atoms with van der Waals surface area (Å²) in [7, 11) is 0. The van der Waals surface area contributed by atoms with Crippen LogP contribution in [0.1, 0.15) is 63.5 Å². The second kappa shape index (κ2) is 8.09. The molecule has 28 heavy (non-hydrogen) atoms. The molecule has 0 nitrogen and oxygen atoms in total. The molecule has 0 radical (unpaired) electrons. The first-order valence-electron chi connectivity index (χ1n) is 8.69. The first-order valence-corrected chi connectivity index (χ1v) is 8.69. The molecular weight excluding hydrogens is 392 g/mol. The van der Waals surface area contributed by atoms with Crippen molar-refractivity contribution in [3.63, 3.8) is 0 Å². The Morgan fingerprint density at radius 3 is 1.14 bits per heavy atom. The predicted octanol–water partition coefficient (Wildman–Crippen LogP) is 7.49. The lowest BCUT2D eigenvalue weighted by molar-refractivity contribution is 0.417. The van der Waals surface area contributed by atoms with E-state index in [1.807, 2.05) is 0 Å². The molecule has 1 atom stereocenters. The lowest BCUT2D eigenvalue weighted by atomic mass is 9.90. The van der Waals surface area contributed by atoms with Gasteiger partial charge in [-0.15, -0.1) is 0 Å². The van der Waals surface area contributed by atoms with Gasteiger partial charge in [0.15, 0.2) is 46.5 Å². The van der Waals surface area contributed by atoms with Gasteiger partial charge in [0.2, 0.25) is 0 Å². The van der Waals surface area contributed by atoms with E-state index >= 15 is 0 Å². The molecule has 2 aromatic carbocycles. The van der Waals surface area contributed by atoms with Crippen molar-refractivity contribution < 1.29 is 35.1 Å². The molecule has 154 valence electrons. The number of hydrogen-bond donors (Lipinski definition) is 0. The molecule has 0 saturated heterocycles. The molecule has 2 rings (SSSR count). The Morgan fingerprint density at radius 2 is 0.857 bits per heavy atom. The van der Waals surface area contributed by atoms with Crippen molar-refractivity contribution in [1.29, 1.82) is 0 Å². The van der Waals surface area contributed by atoms with Gasteiger partial charge in [-0.25, -0.2) is 35.1 Å². The van der Waals surface area contributed by atoms with Crippen LogP contribution in [-0.2, 0) is 0 Å². The first-order chi connectivity index (χ1) is 13.0. The minimum Gasteiger partial charge on any atom is -0.203 e. The first kappa shape index (κ1) is 22.2. The van der Waals surface area contributed by atoms with E-state index in [9.17, 15) is 35.1 Å². The van der Waals surface area contributed by atoms with E-state index in [2.05, 4.69) is 0 Å². The summed E-state index contributed by atoms with van der Waals surface area (Å²) in [5, 5.41) is 0. The second-order valence-corrected chi connectivity index (χ2v) is 6.93. The molecule has 0 fully saturated rings. The van der Waals surface area contributed by atoms with Gasteiger partial charge in [0.1, 0.15) is 0 Å². The van der Waals surface area contributed by atoms with E-state index in [1.54, 1.807) is 6.92 Å². The highest BCUT2D eigenvalue weighted by Crippen LogP contribution is 2.41. The Bertz CT molecular complexity index is 859. The van der Waals surface area contributed by atoms with Crippen molar-refractivity contribution in [2.75, 3.05) is 0 Å². The van der Waals surface area contributed by atoms with E-state index in [4.69, 9.17) is 0 Å². The lowest BCUT2D eigenvalue weighted by Crippen LogP contribution is -2.13. The third-order valence-corrected chi connectivity index (χ3v) is 4.64. The van der Waals surface area contributed by atoms with E-state index in [-0.39, 0.29) is 6.42 Å². The van der Waals surface area contributed by atoms with Gasteiger partial charge >= 0.3 is 0 Å². The van der Waals surface area contributed by atoms with Crippen molar-refractivity contribution in [3.8, 4) is 11.1 Å². The van der Waals surface area contributed by atoms with Crippen LogP contribution in [0.2, 0.25) is 0 Å². The Labute approximate surface area is 157 Å².